The number of aromatic nitrogens is 4. The molecular weight excluding hydrogens is 536 g/mol. The summed E-state index contributed by atoms with van der Waals surface area (Å²) in [6.45, 7) is 6.14. The molecule has 0 spiro atoms. The molecule has 1 atom stereocenters. The molecule has 9 heteroatoms. The van der Waals surface area contributed by atoms with Crippen molar-refractivity contribution < 1.29 is 9.47 Å². The summed E-state index contributed by atoms with van der Waals surface area (Å²) >= 11 is 7.09. The van der Waals surface area contributed by atoms with Gasteiger partial charge in [-0.1, -0.05) is 48.0 Å². The molecule has 1 fully saturated rings. The quantitative estimate of drug-likeness (QED) is 0.215. The van der Waals surface area contributed by atoms with E-state index in [4.69, 9.17) is 26.1 Å². The van der Waals surface area contributed by atoms with Gasteiger partial charge in [-0.3, -0.25) is 4.98 Å². The number of methoxy groups -OCH3 is 1. The van der Waals surface area contributed by atoms with Crippen LogP contribution in [-0.4, -0.2) is 46.3 Å². The van der Waals surface area contributed by atoms with Crippen LogP contribution in [0.1, 0.15) is 23.4 Å². The van der Waals surface area contributed by atoms with E-state index in [9.17, 15) is 0 Å². The number of hydrogen-bond acceptors (Lipinski definition) is 8. The molecule has 1 aliphatic heterocycles. The third-order valence-electron chi connectivity index (χ3n) is 7.36. The number of rotatable bonds is 8. The number of ether oxygens (including phenoxy) is 2. The van der Waals surface area contributed by atoms with Gasteiger partial charge in [0.1, 0.15) is 11.3 Å². The predicted molar refractivity (Wildman–Crippen MR) is 163 cm³/mol. The molecule has 2 aromatic carbocycles. The van der Waals surface area contributed by atoms with E-state index in [1.165, 1.54) is 0 Å². The van der Waals surface area contributed by atoms with E-state index in [-0.39, 0.29) is 0 Å². The lowest BCUT2D eigenvalue weighted by Gasteiger charge is -2.17. The molecule has 8 nitrogen and oxygen atoms in total. The second-order valence-electron chi connectivity index (χ2n) is 10.1. The molecule has 0 saturated carbocycles. The number of nitrogens with one attached hydrogen (secondary N) is 2. The number of hydrogen-bond donors (Lipinski definition) is 2. The maximum atomic E-state index is 7.09. The minimum Gasteiger partial charge on any atom is -0.481 e. The average Bonchev–Trinajstić information content (AvgIpc) is 3.51. The summed E-state index contributed by atoms with van der Waals surface area (Å²) in [7, 11) is 1.64. The van der Waals surface area contributed by atoms with Gasteiger partial charge < -0.3 is 20.1 Å². The van der Waals surface area contributed by atoms with E-state index >= 15 is 0 Å². The molecule has 2 N–H and O–H groups in total. The Hall–Kier alpha value is -4.11. The number of benzene rings is 2. The molecule has 0 aliphatic carbocycles. The number of aryl methyl sites for hydroxylation is 1. The first-order valence-corrected chi connectivity index (χ1v) is 14.0. The third kappa shape index (κ3) is 5.59. The predicted octanol–water partition coefficient (Wildman–Crippen LogP) is 6.65. The Morgan fingerprint density at radius 3 is 2.61 bits per heavy atom. The summed E-state index contributed by atoms with van der Waals surface area (Å²) in [6.07, 6.45) is 2.76. The zero-order valence-corrected chi connectivity index (χ0v) is 24.0. The standard InChI is InChI=1S/C32H31ClN6O2/c1-19-23(7-5-10-26(19)38-31-30-28(11-6-15-34-30)36-20(2)37-31)24-8-4-9-25(29(24)33)27-13-12-21(32(39-27)40-3)17-35-22-14-16-41-18-22/h4-13,15,22,35H,14,16-18H2,1-3H3,(H,36,37,38). The Labute approximate surface area is 244 Å². The van der Waals surface area contributed by atoms with Crippen LogP contribution in [0.2, 0.25) is 5.02 Å². The van der Waals surface area contributed by atoms with E-state index in [0.29, 0.717) is 35.1 Å². The van der Waals surface area contributed by atoms with Crippen molar-refractivity contribution >= 4 is 34.1 Å². The number of fused-ring (bicyclic) bond motifs is 1. The molecule has 0 radical (unpaired) electrons. The highest BCUT2D eigenvalue weighted by Crippen LogP contribution is 2.40. The first kappa shape index (κ1) is 27.1. The summed E-state index contributed by atoms with van der Waals surface area (Å²) in [5.74, 6) is 1.92. The molecule has 5 aromatic rings. The van der Waals surface area contributed by atoms with Gasteiger partial charge in [0.25, 0.3) is 0 Å². The van der Waals surface area contributed by atoms with Gasteiger partial charge in [-0.2, -0.15) is 0 Å². The summed E-state index contributed by atoms with van der Waals surface area (Å²) in [4.78, 5) is 18.5. The average molecular weight is 567 g/mol. The van der Waals surface area contributed by atoms with E-state index in [1.54, 1.807) is 13.3 Å². The number of nitrogens with zero attached hydrogens (tertiary/aromatic N) is 4. The normalized spacial score (nSPS) is 14.9. The Bertz CT molecular complexity index is 1720. The van der Waals surface area contributed by atoms with Gasteiger partial charge in [-0.05, 0) is 55.7 Å². The third-order valence-corrected chi connectivity index (χ3v) is 7.77. The van der Waals surface area contributed by atoms with E-state index in [1.807, 2.05) is 61.5 Å². The van der Waals surface area contributed by atoms with Crippen LogP contribution in [0.25, 0.3) is 33.4 Å². The molecule has 1 aliphatic rings. The summed E-state index contributed by atoms with van der Waals surface area (Å²) in [5.41, 5.74) is 7.98. The Kier molecular flexibility index (Phi) is 7.78. The van der Waals surface area contributed by atoms with Crippen molar-refractivity contribution in [1.29, 1.82) is 0 Å². The highest BCUT2D eigenvalue weighted by atomic mass is 35.5. The Balaban J connectivity index is 1.32. The summed E-state index contributed by atoms with van der Waals surface area (Å²) in [6, 6.07) is 20.3. The lowest BCUT2D eigenvalue weighted by molar-refractivity contribution is 0.189. The van der Waals surface area contributed by atoms with Gasteiger partial charge in [-0.15, -0.1) is 0 Å². The van der Waals surface area contributed by atoms with Crippen molar-refractivity contribution in [3.05, 3.63) is 88.8 Å². The van der Waals surface area contributed by atoms with Crippen LogP contribution in [0.5, 0.6) is 5.88 Å². The molecular formula is C32H31ClN6O2. The zero-order chi connectivity index (χ0) is 28.3. The second kappa shape index (κ2) is 11.8. The molecule has 1 unspecified atom stereocenters. The van der Waals surface area contributed by atoms with Crippen molar-refractivity contribution in [2.24, 2.45) is 0 Å². The fourth-order valence-corrected chi connectivity index (χ4v) is 5.50. The maximum absolute atomic E-state index is 7.09. The molecule has 41 heavy (non-hydrogen) atoms. The van der Waals surface area contributed by atoms with Gasteiger partial charge in [0.05, 0.1) is 29.9 Å². The molecule has 208 valence electrons. The van der Waals surface area contributed by atoms with Crippen LogP contribution in [0.3, 0.4) is 0 Å². The Morgan fingerprint density at radius 1 is 0.951 bits per heavy atom. The first-order chi connectivity index (χ1) is 20.0. The van der Waals surface area contributed by atoms with Crippen LogP contribution in [-0.2, 0) is 11.3 Å². The first-order valence-electron chi connectivity index (χ1n) is 13.6. The van der Waals surface area contributed by atoms with Crippen LogP contribution in [0.4, 0.5) is 11.5 Å². The van der Waals surface area contributed by atoms with Crippen molar-refractivity contribution in [2.75, 3.05) is 25.6 Å². The molecule has 0 bridgehead atoms. The number of halogens is 1. The van der Waals surface area contributed by atoms with Gasteiger partial charge in [0.15, 0.2) is 5.82 Å². The monoisotopic (exact) mass is 566 g/mol. The van der Waals surface area contributed by atoms with Crippen molar-refractivity contribution in [3.63, 3.8) is 0 Å². The van der Waals surface area contributed by atoms with Crippen LogP contribution in [0.15, 0.2) is 66.9 Å². The molecule has 4 heterocycles. The van der Waals surface area contributed by atoms with Crippen LogP contribution < -0.4 is 15.4 Å². The summed E-state index contributed by atoms with van der Waals surface area (Å²) in [5, 5.41) is 7.64. The highest BCUT2D eigenvalue weighted by molar-refractivity contribution is 6.36. The molecule has 6 rings (SSSR count). The number of pyridine rings is 2. The van der Waals surface area contributed by atoms with E-state index in [2.05, 4.69) is 38.6 Å². The lowest BCUT2D eigenvalue weighted by atomic mass is 9.96. The minimum atomic E-state index is 0.354. The van der Waals surface area contributed by atoms with E-state index in [0.717, 1.165) is 69.9 Å². The largest absolute Gasteiger partial charge is 0.481 e. The molecule has 0 amide bonds. The smallest absolute Gasteiger partial charge is 0.218 e. The minimum absolute atomic E-state index is 0.354. The fourth-order valence-electron chi connectivity index (χ4n) is 5.18. The van der Waals surface area contributed by atoms with Gasteiger partial charge in [-0.25, -0.2) is 15.0 Å². The van der Waals surface area contributed by atoms with E-state index < -0.39 is 0 Å². The second-order valence-corrected chi connectivity index (χ2v) is 10.4. The zero-order valence-electron chi connectivity index (χ0n) is 23.2. The van der Waals surface area contributed by atoms with Gasteiger partial charge in [0, 0.05) is 47.8 Å². The van der Waals surface area contributed by atoms with Crippen LogP contribution >= 0.6 is 11.6 Å². The van der Waals surface area contributed by atoms with Crippen molar-refractivity contribution in [1.82, 2.24) is 25.3 Å². The lowest BCUT2D eigenvalue weighted by Crippen LogP contribution is -2.28. The topological polar surface area (TPSA) is 94.1 Å². The summed E-state index contributed by atoms with van der Waals surface area (Å²) < 4.78 is 11.1. The molecule has 3 aromatic heterocycles. The van der Waals surface area contributed by atoms with Crippen molar-refractivity contribution in [2.45, 2.75) is 32.9 Å². The Morgan fingerprint density at radius 2 is 1.78 bits per heavy atom. The molecule has 1 saturated heterocycles. The SMILES string of the molecule is COc1nc(-c2cccc(-c3cccc(Nc4nc(C)nc5cccnc45)c3C)c2Cl)ccc1CNC1CCOC1. The maximum Gasteiger partial charge on any atom is 0.218 e. The highest BCUT2D eigenvalue weighted by Gasteiger charge is 2.18. The van der Waals surface area contributed by atoms with Gasteiger partial charge in [0.2, 0.25) is 5.88 Å². The van der Waals surface area contributed by atoms with Crippen LogP contribution in [0, 0.1) is 13.8 Å². The number of anilines is 2. The fraction of sp³-hybridized carbons (Fsp3) is 0.250. The van der Waals surface area contributed by atoms with Gasteiger partial charge >= 0.3 is 0 Å². The van der Waals surface area contributed by atoms with Crippen molar-refractivity contribution in [3.8, 4) is 28.3 Å².